The fourth-order valence-corrected chi connectivity index (χ4v) is 2.51. The first-order valence-electron chi connectivity index (χ1n) is 6.42. The second-order valence-electron chi connectivity index (χ2n) is 5.22. The van der Waals surface area contributed by atoms with Crippen molar-refractivity contribution in [2.24, 2.45) is 5.73 Å². The van der Waals surface area contributed by atoms with Crippen molar-refractivity contribution in [2.75, 3.05) is 5.32 Å². The Morgan fingerprint density at radius 1 is 1.45 bits per heavy atom. The van der Waals surface area contributed by atoms with E-state index in [1.54, 1.807) is 0 Å². The molecule has 0 aromatic heterocycles. The molecule has 1 aromatic rings. The van der Waals surface area contributed by atoms with Crippen LogP contribution in [-0.2, 0) is 4.79 Å². The van der Waals surface area contributed by atoms with E-state index in [1.807, 2.05) is 0 Å². The molecule has 108 valence electrons. The van der Waals surface area contributed by atoms with Gasteiger partial charge in [-0.3, -0.25) is 14.9 Å². The molecule has 1 saturated carbocycles. The van der Waals surface area contributed by atoms with Crippen molar-refractivity contribution in [3.63, 3.8) is 0 Å². The first-order chi connectivity index (χ1) is 9.39. The highest BCUT2D eigenvalue weighted by Crippen LogP contribution is 2.30. The standard InChI is InChI=1S/C13H16FN3O3/c14-10-7-9(3-4-11(10)17(19)20)16-12(18)8-13(15)5-1-2-6-13/h3-4,7H,1-2,5-6,8,15H2,(H,16,18). The Kier molecular flexibility index (Phi) is 3.99. The van der Waals surface area contributed by atoms with E-state index in [4.69, 9.17) is 5.73 Å². The van der Waals surface area contributed by atoms with Crippen molar-refractivity contribution in [1.82, 2.24) is 0 Å². The summed E-state index contributed by atoms with van der Waals surface area (Å²) in [5.41, 5.74) is 5.18. The molecule has 0 atom stereocenters. The smallest absolute Gasteiger partial charge is 0.304 e. The SMILES string of the molecule is NC1(CC(=O)Nc2ccc([N+](=O)[O-])c(F)c2)CCCC1. The maximum absolute atomic E-state index is 13.4. The highest BCUT2D eigenvalue weighted by Gasteiger charge is 2.31. The Labute approximate surface area is 115 Å². The number of hydrogen-bond donors (Lipinski definition) is 2. The summed E-state index contributed by atoms with van der Waals surface area (Å²) in [4.78, 5) is 21.5. The van der Waals surface area contributed by atoms with Crippen LogP contribution in [0.15, 0.2) is 18.2 Å². The minimum absolute atomic E-state index is 0.172. The number of carbonyl (C=O) groups excluding carboxylic acids is 1. The number of anilines is 1. The van der Waals surface area contributed by atoms with Gasteiger partial charge in [-0.2, -0.15) is 4.39 Å². The molecule has 0 spiro atoms. The molecule has 0 saturated heterocycles. The summed E-state index contributed by atoms with van der Waals surface area (Å²) >= 11 is 0. The van der Waals surface area contributed by atoms with Crippen molar-refractivity contribution in [1.29, 1.82) is 0 Å². The maximum atomic E-state index is 13.4. The zero-order valence-corrected chi connectivity index (χ0v) is 10.9. The number of nitrogens with zero attached hydrogens (tertiary/aromatic N) is 1. The Bertz CT molecular complexity index is 542. The molecule has 2 rings (SSSR count). The predicted octanol–water partition coefficient (Wildman–Crippen LogP) is 2.33. The van der Waals surface area contributed by atoms with Crippen molar-refractivity contribution in [3.05, 3.63) is 34.1 Å². The van der Waals surface area contributed by atoms with Gasteiger partial charge in [-0.15, -0.1) is 0 Å². The molecule has 1 aromatic carbocycles. The molecule has 1 aliphatic rings. The van der Waals surface area contributed by atoms with Crippen LogP contribution < -0.4 is 11.1 Å². The normalized spacial score (nSPS) is 16.9. The molecule has 3 N–H and O–H groups in total. The van der Waals surface area contributed by atoms with E-state index >= 15 is 0 Å². The summed E-state index contributed by atoms with van der Waals surface area (Å²) < 4.78 is 13.4. The van der Waals surface area contributed by atoms with E-state index in [9.17, 15) is 19.3 Å². The number of nitrogens with one attached hydrogen (secondary N) is 1. The summed E-state index contributed by atoms with van der Waals surface area (Å²) in [6, 6.07) is 3.27. The highest BCUT2D eigenvalue weighted by atomic mass is 19.1. The van der Waals surface area contributed by atoms with Crippen molar-refractivity contribution in [3.8, 4) is 0 Å². The lowest BCUT2D eigenvalue weighted by Crippen LogP contribution is -2.40. The summed E-state index contributed by atoms with van der Waals surface area (Å²) in [6.45, 7) is 0. The molecule has 0 unspecified atom stereocenters. The highest BCUT2D eigenvalue weighted by molar-refractivity contribution is 5.91. The van der Waals surface area contributed by atoms with Crippen LogP contribution in [0.25, 0.3) is 0 Å². The van der Waals surface area contributed by atoms with Crippen LogP contribution in [0.5, 0.6) is 0 Å². The number of nitro groups is 1. The lowest BCUT2D eigenvalue weighted by molar-refractivity contribution is -0.387. The largest absolute Gasteiger partial charge is 0.326 e. The van der Waals surface area contributed by atoms with Crippen molar-refractivity contribution >= 4 is 17.3 Å². The van der Waals surface area contributed by atoms with Crippen LogP contribution in [0.3, 0.4) is 0 Å². The van der Waals surface area contributed by atoms with Gasteiger partial charge in [0.2, 0.25) is 11.7 Å². The van der Waals surface area contributed by atoms with Crippen molar-refractivity contribution < 1.29 is 14.1 Å². The number of halogens is 1. The monoisotopic (exact) mass is 281 g/mol. The number of amides is 1. The molecular weight excluding hydrogens is 265 g/mol. The van der Waals surface area contributed by atoms with Gasteiger partial charge in [0, 0.05) is 29.8 Å². The third kappa shape index (κ3) is 3.30. The zero-order chi connectivity index (χ0) is 14.8. The number of hydrogen-bond acceptors (Lipinski definition) is 4. The lowest BCUT2D eigenvalue weighted by atomic mass is 9.94. The average Bonchev–Trinajstić information content (AvgIpc) is 2.74. The summed E-state index contributed by atoms with van der Waals surface area (Å²) in [6.07, 6.45) is 3.79. The molecule has 1 fully saturated rings. The van der Waals surface area contributed by atoms with Gasteiger partial charge in [-0.25, -0.2) is 0 Å². The van der Waals surface area contributed by atoms with Crippen LogP contribution in [0.1, 0.15) is 32.1 Å². The van der Waals surface area contributed by atoms with Gasteiger partial charge < -0.3 is 11.1 Å². The number of nitro benzene ring substituents is 1. The molecule has 0 aliphatic heterocycles. The lowest BCUT2D eigenvalue weighted by Gasteiger charge is -2.22. The van der Waals surface area contributed by atoms with Crippen LogP contribution in [0.2, 0.25) is 0 Å². The van der Waals surface area contributed by atoms with Crippen LogP contribution in [0, 0.1) is 15.9 Å². The first kappa shape index (κ1) is 14.4. The van der Waals surface area contributed by atoms with E-state index in [0.717, 1.165) is 37.8 Å². The molecule has 0 bridgehead atoms. The predicted molar refractivity (Wildman–Crippen MR) is 71.7 cm³/mol. The van der Waals surface area contributed by atoms with Gasteiger partial charge in [0.1, 0.15) is 0 Å². The third-order valence-electron chi connectivity index (χ3n) is 3.54. The van der Waals surface area contributed by atoms with E-state index in [0.29, 0.717) is 0 Å². The first-order valence-corrected chi connectivity index (χ1v) is 6.42. The topological polar surface area (TPSA) is 98.3 Å². The summed E-state index contributed by atoms with van der Waals surface area (Å²) in [5.74, 6) is -1.28. The van der Waals surface area contributed by atoms with Gasteiger partial charge >= 0.3 is 5.69 Å². The van der Waals surface area contributed by atoms with Crippen LogP contribution >= 0.6 is 0 Å². The summed E-state index contributed by atoms with van der Waals surface area (Å²) in [7, 11) is 0. The van der Waals surface area contributed by atoms with E-state index < -0.39 is 22.0 Å². The van der Waals surface area contributed by atoms with Gasteiger partial charge in [-0.05, 0) is 18.9 Å². The number of nitrogens with two attached hydrogens (primary N) is 1. The zero-order valence-electron chi connectivity index (χ0n) is 10.9. The minimum atomic E-state index is -0.976. The van der Waals surface area contributed by atoms with Gasteiger partial charge in [0.05, 0.1) is 4.92 Å². The third-order valence-corrected chi connectivity index (χ3v) is 3.54. The Morgan fingerprint density at radius 2 is 2.10 bits per heavy atom. The van der Waals surface area contributed by atoms with E-state index in [1.165, 1.54) is 6.07 Å². The maximum Gasteiger partial charge on any atom is 0.304 e. The molecule has 0 radical (unpaired) electrons. The fourth-order valence-electron chi connectivity index (χ4n) is 2.51. The van der Waals surface area contributed by atoms with Gasteiger partial charge in [-0.1, -0.05) is 12.8 Å². The fraction of sp³-hybridized carbons (Fsp3) is 0.462. The quantitative estimate of drug-likeness (QED) is 0.653. The average molecular weight is 281 g/mol. The van der Waals surface area contributed by atoms with Gasteiger partial charge in [0.25, 0.3) is 0 Å². The number of rotatable bonds is 4. The Hall–Kier alpha value is -2.02. The van der Waals surface area contributed by atoms with E-state index in [-0.39, 0.29) is 18.0 Å². The molecule has 1 amide bonds. The summed E-state index contributed by atoms with van der Waals surface area (Å²) in [5, 5.41) is 13.0. The number of carbonyl (C=O) groups is 1. The Morgan fingerprint density at radius 3 is 2.65 bits per heavy atom. The van der Waals surface area contributed by atoms with Crippen LogP contribution in [0.4, 0.5) is 15.8 Å². The molecule has 20 heavy (non-hydrogen) atoms. The second-order valence-corrected chi connectivity index (χ2v) is 5.22. The molecule has 7 heteroatoms. The van der Waals surface area contributed by atoms with Gasteiger partial charge in [0.15, 0.2) is 0 Å². The second kappa shape index (κ2) is 5.54. The molecule has 0 heterocycles. The Balaban J connectivity index is 2.01. The molecule has 6 nitrogen and oxygen atoms in total. The van der Waals surface area contributed by atoms with E-state index in [2.05, 4.69) is 5.32 Å². The van der Waals surface area contributed by atoms with Crippen LogP contribution in [-0.4, -0.2) is 16.4 Å². The number of benzene rings is 1. The van der Waals surface area contributed by atoms with Crippen molar-refractivity contribution in [2.45, 2.75) is 37.6 Å². The molecule has 1 aliphatic carbocycles. The minimum Gasteiger partial charge on any atom is -0.326 e. The molecular formula is C13H16FN3O3.